The highest BCUT2D eigenvalue weighted by Crippen LogP contribution is 2.22. The Morgan fingerprint density at radius 2 is 2.23 bits per heavy atom. The van der Waals surface area contributed by atoms with Crippen molar-refractivity contribution in [2.45, 2.75) is 45.8 Å². The zero-order valence-electron chi connectivity index (χ0n) is 13.2. The van der Waals surface area contributed by atoms with Crippen molar-refractivity contribution in [1.29, 1.82) is 0 Å². The number of rotatable bonds is 4. The van der Waals surface area contributed by atoms with E-state index < -0.39 is 11.6 Å². The summed E-state index contributed by atoms with van der Waals surface area (Å²) < 4.78 is 0. The molecule has 0 spiro atoms. The van der Waals surface area contributed by atoms with Crippen molar-refractivity contribution in [2.75, 3.05) is 11.4 Å². The summed E-state index contributed by atoms with van der Waals surface area (Å²) in [5.74, 6) is -0.224. The molecule has 1 aliphatic rings. The van der Waals surface area contributed by atoms with Crippen molar-refractivity contribution >= 4 is 11.6 Å². The highest BCUT2D eigenvalue weighted by molar-refractivity contribution is 5.98. The molecule has 0 bridgehead atoms. The zero-order valence-corrected chi connectivity index (χ0v) is 13.2. The second-order valence-corrected chi connectivity index (χ2v) is 6.25. The predicted molar refractivity (Wildman–Crippen MR) is 79.8 cm³/mol. The molecule has 1 aliphatic heterocycles. The third kappa shape index (κ3) is 4.06. The van der Waals surface area contributed by atoms with Crippen LogP contribution in [0.4, 0.5) is 5.69 Å². The number of hydrogen-bond donors (Lipinski definition) is 1. The zero-order chi connectivity index (χ0) is 16.3. The van der Waals surface area contributed by atoms with Crippen molar-refractivity contribution in [3.05, 3.63) is 29.2 Å². The molecule has 0 aromatic carbocycles. The minimum Gasteiger partial charge on any atom is -0.569 e. The van der Waals surface area contributed by atoms with Gasteiger partial charge in [-0.25, -0.2) is 0 Å². The Morgan fingerprint density at radius 3 is 2.82 bits per heavy atom. The minimum atomic E-state index is -0.750. The molecular formula is C14H21N5O3. The van der Waals surface area contributed by atoms with E-state index in [4.69, 9.17) is 4.84 Å². The lowest BCUT2D eigenvalue weighted by Crippen LogP contribution is -2.41. The molecule has 8 heteroatoms. The maximum atomic E-state index is 12.3. The lowest BCUT2D eigenvalue weighted by Gasteiger charge is -2.17. The molecule has 0 aliphatic carbocycles. The summed E-state index contributed by atoms with van der Waals surface area (Å²) >= 11 is 0. The van der Waals surface area contributed by atoms with Crippen LogP contribution in [-0.2, 0) is 9.63 Å². The topological polar surface area (TPSA) is 92.9 Å². The van der Waals surface area contributed by atoms with E-state index in [0.29, 0.717) is 18.7 Å². The van der Waals surface area contributed by atoms with Gasteiger partial charge < -0.3 is 14.9 Å². The number of hydrazine groups is 1. The maximum absolute atomic E-state index is 12.3. The van der Waals surface area contributed by atoms with E-state index in [0.717, 1.165) is 5.69 Å². The maximum Gasteiger partial charge on any atom is 0.271 e. The van der Waals surface area contributed by atoms with E-state index in [1.807, 2.05) is 39.8 Å². The Labute approximate surface area is 129 Å². The fourth-order valence-electron chi connectivity index (χ4n) is 2.03. The van der Waals surface area contributed by atoms with Gasteiger partial charge in [-0.2, -0.15) is 5.43 Å². The number of aryl methyl sites for hydroxylation is 1. The van der Waals surface area contributed by atoms with E-state index in [2.05, 4.69) is 15.7 Å². The number of nitrogens with zero attached hydrogens (tertiary/aromatic N) is 4. The van der Waals surface area contributed by atoms with Crippen molar-refractivity contribution in [2.24, 2.45) is 5.28 Å². The fourth-order valence-corrected chi connectivity index (χ4v) is 2.03. The number of nitrogens with one attached hydrogen (secondary N) is 1. The molecule has 1 atom stereocenters. The highest BCUT2D eigenvalue weighted by Gasteiger charge is 2.35. The van der Waals surface area contributed by atoms with Gasteiger partial charge in [0.15, 0.2) is 0 Å². The first-order valence-electron chi connectivity index (χ1n) is 7.12. The molecule has 22 heavy (non-hydrogen) atoms. The average molecular weight is 307 g/mol. The number of amides is 1. The van der Waals surface area contributed by atoms with Gasteiger partial charge in [0.2, 0.25) is 11.4 Å². The molecule has 0 unspecified atom stereocenters. The molecule has 120 valence electrons. The number of hydrogen-bond acceptors (Lipinski definition) is 5. The molecule has 1 aromatic heterocycles. The Kier molecular flexibility index (Phi) is 4.48. The smallest absolute Gasteiger partial charge is 0.271 e. The normalized spacial score (nSPS) is 19.5. The molecule has 1 aromatic rings. The van der Waals surface area contributed by atoms with Crippen LogP contribution in [0.25, 0.3) is 0 Å². The number of pyridine rings is 1. The molecule has 1 saturated heterocycles. The number of carbonyl (C=O) groups is 1. The van der Waals surface area contributed by atoms with Crippen LogP contribution in [0.1, 0.15) is 32.9 Å². The monoisotopic (exact) mass is 307 g/mol. The molecular weight excluding hydrogens is 286 g/mol. The number of carbonyl (C=O) groups excluding carboxylic acids is 1. The van der Waals surface area contributed by atoms with Crippen molar-refractivity contribution < 1.29 is 14.6 Å². The molecule has 2 rings (SSSR count). The Bertz CT molecular complexity index is 565. The lowest BCUT2D eigenvalue weighted by molar-refractivity contribution is -0.625. The van der Waals surface area contributed by atoms with Crippen molar-refractivity contribution in [1.82, 2.24) is 10.4 Å². The van der Waals surface area contributed by atoms with Crippen LogP contribution in [0.5, 0.6) is 0 Å². The van der Waals surface area contributed by atoms with E-state index in [9.17, 15) is 10.0 Å². The fraction of sp³-hybridized carbons (Fsp3) is 0.571. The van der Waals surface area contributed by atoms with Crippen LogP contribution >= 0.6 is 0 Å². The van der Waals surface area contributed by atoms with Crippen molar-refractivity contribution in [3.63, 3.8) is 0 Å². The summed E-state index contributed by atoms with van der Waals surface area (Å²) in [6.07, 6.45) is 1.37. The summed E-state index contributed by atoms with van der Waals surface area (Å²) in [6.45, 7) is 7.85. The Morgan fingerprint density at radius 1 is 1.50 bits per heavy atom. The van der Waals surface area contributed by atoms with Gasteiger partial charge in [0.05, 0.1) is 22.4 Å². The van der Waals surface area contributed by atoms with E-state index >= 15 is 0 Å². The first-order chi connectivity index (χ1) is 10.3. The SMILES string of the molecule is Cc1ccc(N2CC[C@@H](O/N=[N+](\[O-])NC(C)(C)C)C2=O)cn1. The summed E-state index contributed by atoms with van der Waals surface area (Å²) in [5.41, 5.74) is 3.72. The van der Waals surface area contributed by atoms with Crippen LogP contribution in [0, 0.1) is 12.1 Å². The number of aromatic nitrogens is 1. The van der Waals surface area contributed by atoms with Crippen molar-refractivity contribution in [3.8, 4) is 0 Å². The first-order valence-corrected chi connectivity index (χ1v) is 7.12. The standard InChI is InChI=1S/C14H21N5O3/c1-10-5-6-11(9-15-10)18-8-7-12(13(18)20)22-17-19(21)16-14(2,3)4/h5-6,9,12H,7-8H2,1-4H3,(H,16,17)/t12-/m1/s1. The second kappa shape index (κ2) is 6.17. The van der Waals surface area contributed by atoms with Crippen LogP contribution in [-0.4, -0.2) is 34.0 Å². The lowest BCUT2D eigenvalue weighted by atomic mass is 10.1. The number of anilines is 1. The molecule has 8 nitrogen and oxygen atoms in total. The minimum absolute atomic E-state index is 0.224. The van der Waals surface area contributed by atoms with Crippen LogP contribution in [0.15, 0.2) is 23.6 Å². The van der Waals surface area contributed by atoms with Gasteiger partial charge in [0, 0.05) is 18.7 Å². The van der Waals surface area contributed by atoms with Gasteiger partial charge in [-0.3, -0.25) is 9.78 Å². The third-order valence-corrected chi connectivity index (χ3v) is 3.04. The summed E-state index contributed by atoms with van der Waals surface area (Å²) in [6, 6.07) is 3.68. The van der Waals surface area contributed by atoms with Crippen LogP contribution < -0.4 is 10.3 Å². The molecule has 1 amide bonds. The highest BCUT2D eigenvalue weighted by atomic mass is 16.7. The Hall–Kier alpha value is -2.38. The third-order valence-electron chi connectivity index (χ3n) is 3.04. The molecule has 1 fully saturated rings. The molecule has 2 heterocycles. The van der Waals surface area contributed by atoms with Gasteiger partial charge in [-0.05, 0) is 39.8 Å². The van der Waals surface area contributed by atoms with E-state index in [1.165, 1.54) is 0 Å². The van der Waals surface area contributed by atoms with Crippen LogP contribution in [0.2, 0.25) is 0 Å². The summed E-state index contributed by atoms with van der Waals surface area (Å²) in [4.78, 5) is 23.3. The summed E-state index contributed by atoms with van der Waals surface area (Å²) in [7, 11) is 0. The van der Waals surface area contributed by atoms with Gasteiger partial charge in [0.25, 0.3) is 5.91 Å². The van der Waals surface area contributed by atoms with Gasteiger partial charge in [-0.15, -0.1) is 0 Å². The summed E-state index contributed by atoms with van der Waals surface area (Å²) in [5, 5.41) is 14.9. The van der Waals surface area contributed by atoms with E-state index in [1.54, 1.807) is 11.1 Å². The van der Waals surface area contributed by atoms with Crippen LogP contribution in [0.3, 0.4) is 0 Å². The Balaban J connectivity index is 1.97. The quantitative estimate of drug-likeness (QED) is 0.519. The largest absolute Gasteiger partial charge is 0.569 e. The molecule has 0 radical (unpaired) electrons. The van der Waals surface area contributed by atoms with Gasteiger partial charge in [-0.1, -0.05) is 0 Å². The predicted octanol–water partition coefficient (Wildman–Crippen LogP) is 1.69. The van der Waals surface area contributed by atoms with Gasteiger partial charge in [0.1, 0.15) is 0 Å². The molecule has 1 N–H and O–H groups in total. The first kappa shape index (κ1) is 16.0. The second-order valence-electron chi connectivity index (χ2n) is 6.25. The molecule has 0 saturated carbocycles. The average Bonchev–Trinajstić information content (AvgIpc) is 2.77. The van der Waals surface area contributed by atoms with E-state index in [-0.39, 0.29) is 10.9 Å². The van der Waals surface area contributed by atoms with Gasteiger partial charge >= 0.3 is 0 Å².